The van der Waals surface area contributed by atoms with E-state index in [4.69, 9.17) is 10.5 Å². The maximum absolute atomic E-state index is 5.80. The SMILES string of the molecule is COCCN1CC(C)CN(C)C(CN)C1. The molecule has 1 aliphatic rings. The van der Waals surface area contributed by atoms with E-state index in [0.29, 0.717) is 12.0 Å². The lowest BCUT2D eigenvalue weighted by Gasteiger charge is -2.27. The number of ether oxygens (including phenoxy) is 1. The summed E-state index contributed by atoms with van der Waals surface area (Å²) in [5, 5.41) is 0. The third-order valence-electron chi connectivity index (χ3n) is 3.15. The molecule has 0 aliphatic carbocycles. The lowest BCUT2D eigenvalue weighted by Crippen LogP contribution is -2.44. The van der Waals surface area contributed by atoms with Crippen molar-refractivity contribution >= 4 is 0 Å². The van der Waals surface area contributed by atoms with Crippen LogP contribution in [0.5, 0.6) is 0 Å². The summed E-state index contributed by atoms with van der Waals surface area (Å²) in [6.07, 6.45) is 0. The Bertz CT molecular complexity index is 177. The molecule has 1 aliphatic heterocycles. The summed E-state index contributed by atoms with van der Waals surface area (Å²) in [4.78, 5) is 4.85. The number of nitrogens with two attached hydrogens (primary N) is 1. The van der Waals surface area contributed by atoms with E-state index in [1.807, 2.05) is 0 Å². The molecule has 15 heavy (non-hydrogen) atoms. The van der Waals surface area contributed by atoms with Gasteiger partial charge in [-0.05, 0) is 13.0 Å². The highest BCUT2D eigenvalue weighted by Gasteiger charge is 2.24. The number of hydrogen-bond acceptors (Lipinski definition) is 4. The van der Waals surface area contributed by atoms with Crippen LogP contribution in [-0.4, -0.2) is 69.3 Å². The first-order valence-electron chi connectivity index (χ1n) is 5.79. The van der Waals surface area contributed by atoms with Crippen LogP contribution in [0, 0.1) is 5.92 Å². The molecule has 1 fully saturated rings. The summed E-state index contributed by atoms with van der Waals surface area (Å²) in [5.74, 6) is 0.711. The fourth-order valence-electron chi connectivity index (χ4n) is 2.31. The first-order valence-corrected chi connectivity index (χ1v) is 5.79. The predicted octanol–water partition coefficient (Wildman–Crippen LogP) is -0.156. The fourth-order valence-corrected chi connectivity index (χ4v) is 2.31. The normalized spacial score (nSPS) is 30.4. The van der Waals surface area contributed by atoms with Gasteiger partial charge in [-0.2, -0.15) is 0 Å². The maximum Gasteiger partial charge on any atom is 0.0589 e. The van der Waals surface area contributed by atoms with Crippen LogP contribution in [0.2, 0.25) is 0 Å². The van der Waals surface area contributed by atoms with Gasteiger partial charge in [0.1, 0.15) is 0 Å². The lowest BCUT2D eigenvalue weighted by atomic mass is 10.1. The Hall–Kier alpha value is -0.160. The molecular weight excluding hydrogens is 190 g/mol. The molecule has 2 unspecified atom stereocenters. The standard InChI is InChI=1S/C11H25N3O/c1-10-7-13(2)11(6-12)9-14(8-10)4-5-15-3/h10-11H,4-9,12H2,1-3H3. The van der Waals surface area contributed by atoms with Crippen LogP contribution in [0.4, 0.5) is 0 Å². The Labute approximate surface area is 93.4 Å². The van der Waals surface area contributed by atoms with Gasteiger partial charge in [0, 0.05) is 45.9 Å². The minimum Gasteiger partial charge on any atom is -0.383 e. The molecule has 4 nitrogen and oxygen atoms in total. The number of hydrogen-bond donors (Lipinski definition) is 1. The molecule has 2 N–H and O–H groups in total. The van der Waals surface area contributed by atoms with E-state index in [1.165, 1.54) is 0 Å². The monoisotopic (exact) mass is 215 g/mol. The highest BCUT2D eigenvalue weighted by Crippen LogP contribution is 2.11. The van der Waals surface area contributed by atoms with Crippen LogP contribution in [0.3, 0.4) is 0 Å². The summed E-state index contributed by atoms with van der Waals surface area (Å²) in [7, 11) is 3.93. The zero-order valence-corrected chi connectivity index (χ0v) is 10.3. The summed E-state index contributed by atoms with van der Waals surface area (Å²) in [6.45, 7) is 8.25. The molecule has 0 spiro atoms. The largest absolute Gasteiger partial charge is 0.383 e. The van der Waals surface area contributed by atoms with Gasteiger partial charge in [0.2, 0.25) is 0 Å². The second-order valence-electron chi connectivity index (χ2n) is 4.69. The summed E-state index contributed by atoms with van der Waals surface area (Å²) < 4.78 is 5.13. The maximum atomic E-state index is 5.80. The van der Waals surface area contributed by atoms with Crippen LogP contribution in [0.25, 0.3) is 0 Å². The van der Waals surface area contributed by atoms with Crippen molar-refractivity contribution in [1.29, 1.82) is 0 Å². The molecule has 1 rings (SSSR count). The summed E-state index contributed by atoms with van der Waals surface area (Å²) in [5.41, 5.74) is 5.80. The zero-order chi connectivity index (χ0) is 11.3. The van der Waals surface area contributed by atoms with E-state index in [2.05, 4.69) is 23.8 Å². The molecule has 0 aromatic heterocycles. The minimum atomic E-state index is 0.492. The van der Waals surface area contributed by atoms with Gasteiger partial charge in [0.25, 0.3) is 0 Å². The van der Waals surface area contributed by atoms with Crippen LogP contribution in [-0.2, 0) is 4.74 Å². The average Bonchev–Trinajstić information content (AvgIpc) is 2.33. The molecule has 0 aromatic rings. The number of nitrogens with zero attached hydrogens (tertiary/aromatic N) is 2. The lowest BCUT2D eigenvalue weighted by molar-refractivity contribution is 0.137. The van der Waals surface area contributed by atoms with E-state index in [0.717, 1.165) is 39.3 Å². The van der Waals surface area contributed by atoms with Gasteiger partial charge in [-0.15, -0.1) is 0 Å². The number of methoxy groups -OCH3 is 1. The van der Waals surface area contributed by atoms with Crippen molar-refractivity contribution in [3.63, 3.8) is 0 Å². The van der Waals surface area contributed by atoms with Gasteiger partial charge in [0.05, 0.1) is 6.61 Å². The van der Waals surface area contributed by atoms with Crippen molar-refractivity contribution in [3.8, 4) is 0 Å². The smallest absolute Gasteiger partial charge is 0.0589 e. The van der Waals surface area contributed by atoms with E-state index in [-0.39, 0.29) is 0 Å². The molecular formula is C11H25N3O. The molecule has 1 saturated heterocycles. The highest BCUT2D eigenvalue weighted by atomic mass is 16.5. The molecule has 0 bridgehead atoms. The van der Waals surface area contributed by atoms with Crippen LogP contribution in [0.15, 0.2) is 0 Å². The second-order valence-corrected chi connectivity index (χ2v) is 4.69. The molecule has 1 heterocycles. The van der Waals surface area contributed by atoms with Crippen molar-refractivity contribution < 1.29 is 4.74 Å². The minimum absolute atomic E-state index is 0.492. The summed E-state index contributed by atoms with van der Waals surface area (Å²) >= 11 is 0. The molecule has 0 aromatic carbocycles. The molecule has 2 atom stereocenters. The Morgan fingerprint density at radius 3 is 2.67 bits per heavy atom. The van der Waals surface area contributed by atoms with E-state index in [9.17, 15) is 0 Å². The molecule has 90 valence electrons. The molecule has 0 radical (unpaired) electrons. The third kappa shape index (κ3) is 4.07. The van der Waals surface area contributed by atoms with Crippen molar-refractivity contribution in [2.24, 2.45) is 11.7 Å². The molecule has 0 saturated carbocycles. The van der Waals surface area contributed by atoms with E-state index < -0.39 is 0 Å². The first kappa shape index (κ1) is 12.9. The van der Waals surface area contributed by atoms with Gasteiger partial charge in [-0.1, -0.05) is 6.92 Å². The Morgan fingerprint density at radius 2 is 2.07 bits per heavy atom. The van der Waals surface area contributed by atoms with Gasteiger partial charge >= 0.3 is 0 Å². The number of rotatable bonds is 4. The van der Waals surface area contributed by atoms with Crippen molar-refractivity contribution in [2.75, 3.05) is 53.5 Å². The van der Waals surface area contributed by atoms with Gasteiger partial charge in [-0.3, -0.25) is 4.90 Å². The zero-order valence-electron chi connectivity index (χ0n) is 10.3. The predicted molar refractivity (Wildman–Crippen MR) is 63.0 cm³/mol. The molecule has 4 heteroatoms. The average molecular weight is 215 g/mol. The third-order valence-corrected chi connectivity index (χ3v) is 3.15. The van der Waals surface area contributed by atoms with Crippen LogP contribution >= 0.6 is 0 Å². The number of likely N-dealkylation sites (N-methyl/N-ethyl adjacent to an activating group) is 1. The van der Waals surface area contributed by atoms with Gasteiger partial charge in [-0.25, -0.2) is 0 Å². The van der Waals surface area contributed by atoms with Gasteiger partial charge in [0.15, 0.2) is 0 Å². The fraction of sp³-hybridized carbons (Fsp3) is 1.00. The Kier molecular flexibility index (Phi) is 5.53. The van der Waals surface area contributed by atoms with Crippen molar-refractivity contribution in [3.05, 3.63) is 0 Å². The quantitative estimate of drug-likeness (QED) is 0.708. The summed E-state index contributed by atoms with van der Waals surface area (Å²) in [6, 6.07) is 0.492. The van der Waals surface area contributed by atoms with Crippen molar-refractivity contribution in [2.45, 2.75) is 13.0 Å². The van der Waals surface area contributed by atoms with Gasteiger partial charge < -0.3 is 15.4 Å². The first-order chi connectivity index (χ1) is 7.17. The Balaban J connectivity index is 2.49. The van der Waals surface area contributed by atoms with E-state index >= 15 is 0 Å². The molecule has 0 amide bonds. The Morgan fingerprint density at radius 1 is 1.33 bits per heavy atom. The van der Waals surface area contributed by atoms with Crippen molar-refractivity contribution in [1.82, 2.24) is 9.80 Å². The van der Waals surface area contributed by atoms with Crippen LogP contribution in [0.1, 0.15) is 6.92 Å². The van der Waals surface area contributed by atoms with E-state index in [1.54, 1.807) is 7.11 Å². The van der Waals surface area contributed by atoms with Crippen LogP contribution < -0.4 is 5.73 Å². The second kappa shape index (κ2) is 6.43. The topological polar surface area (TPSA) is 41.7 Å². The highest BCUT2D eigenvalue weighted by molar-refractivity contribution is 4.81.